The van der Waals surface area contributed by atoms with Crippen LogP contribution in [0, 0.1) is 17.8 Å². The zero-order valence-corrected chi connectivity index (χ0v) is 16.2. The van der Waals surface area contributed by atoms with Crippen LogP contribution in [0.3, 0.4) is 0 Å². The molecule has 0 saturated heterocycles. The van der Waals surface area contributed by atoms with Gasteiger partial charge in [-0.3, -0.25) is 0 Å². The van der Waals surface area contributed by atoms with Gasteiger partial charge in [-0.15, -0.1) is 0 Å². The fourth-order valence-electron chi connectivity index (χ4n) is 4.31. The molecule has 0 heterocycles. The summed E-state index contributed by atoms with van der Waals surface area (Å²) < 4.78 is 0. The molecule has 0 N–H and O–H groups in total. The molecular weight excluding hydrogens is 276 g/mol. The lowest BCUT2D eigenvalue weighted by atomic mass is 9.82. The van der Waals surface area contributed by atoms with Crippen molar-refractivity contribution in [2.75, 3.05) is 0 Å². The van der Waals surface area contributed by atoms with Gasteiger partial charge in [0, 0.05) is 0 Å². The normalized spacial score (nSPS) is 16.6. The highest BCUT2D eigenvalue weighted by atomic mass is 14.3. The molecule has 128 valence electrons. The molecule has 0 bridgehead atoms. The van der Waals surface area contributed by atoms with Crippen LogP contribution < -0.4 is 0 Å². The van der Waals surface area contributed by atoms with E-state index in [1.165, 1.54) is 37.7 Å². The first kappa shape index (κ1) is 18.3. The van der Waals surface area contributed by atoms with Gasteiger partial charge in [0.2, 0.25) is 0 Å². The van der Waals surface area contributed by atoms with E-state index in [4.69, 9.17) is 0 Å². The number of fused-ring (bicyclic) bond motifs is 1. The van der Waals surface area contributed by atoms with Gasteiger partial charge in [0.05, 0.1) is 0 Å². The third-order valence-electron chi connectivity index (χ3n) is 5.62. The summed E-state index contributed by atoms with van der Waals surface area (Å²) in [6, 6.07) is 7.29. The molecule has 1 aliphatic rings. The van der Waals surface area contributed by atoms with E-state index in [9.17, 15) is 0 Å². The fourth-order valence-corrected chi connectivity index (χ4v) is 4.31. The van der Waals surface area contributed by atoms with Gasteiger partial charge in [0.1, 0.15) is 0 Å². The van der Waals surface area contributed by atoms with Gasteiger partial charge in [0.15, 0.2) is 0 Å². The highest BCUT2D eigenvalue weighted by Crippen LogP contribution is 2.38. The van der Waals surface area contributed by atoms with Crippen molar-refractivity contribution in [3.63, 3.8) is 0 Å². The number of hydrogen-bond donors (Lipinski definition) is 0. The molecular formula is C23H36. The first-order chi connectivity index (χ1) is 11.0. The Morgan fingerprint density at radius 1 is 0.870 bits per heavy atom. The minimum absolute atomic E-state index is 0.714. The Hall–Kier alpha value is -1.04. The Kier molecular flexibility index (Phi) is 6.50. The van der Waals surface area contributed by atoms with E-state index >= 15 is 0 Å². The molecule has 2 unspecified atom stereocenters. The molecule has 0 aliphatic heterocycles. The van der Waals surface area contributed by atoms with E-state index in [1.54, 1.807) is 16.7 Å². The topological polar surface area (TPSA) is 0 Å². The Morgan fingerprint density at radius 2 is 1.48 bits per heavy atom. The monoisotopic (exact) mass is 312 g/mol. The van der Waals surface area contributed by atoms with Crippen LogP contribution in [0.1, 0.15) is 89.8 Å². The van der Waals surface area contributed by atoms with Crippen LogP contribution in [0.15, 0.2) is 23.8 Å². The highest BCUT2D eigenvalue weighted by Gasteiger charge is 2.24. The van der Waals surface area contributed by atoms with Gasteiger partial charge in [-0.25, -0.2) is 0 Å². The smallest absolute Gasteiger partial charge is 0.00548 e. The quantitative estimate of drug-likeness (QED) is 0.474. The molecule has 0 fully saturated rings. The molecule has 1 aromatic rings. The molecule has 23 heavy (non-hydrogen) atoms. The van der Waals surface area contributed by atoms with Crippen LogP contribution in [-0.4, -0.2) is 0 Å². The highest BCUT2D eigenvalue weighted by molar-refractivity contribution is 5.65. The third-order valence-corrected chi connectivity index (χ3v) is 5.62. The minimum atomic E-state index is 0.714. The lowest BCUT2D eigenvalue weighted by molar-refractivity contribution is 0.408. The van der Waals surface area contributed by atoms with E-state index in [2.05, 4.69) is 65.8 Å². The summed E-state index contributed by atoms with van der Waals surface area (Å²) in [5, 5.41) is 0. The van der Waals surface area contributed by atoms with Crippen LogP contribution in [0.4, 0.5) is 0 Å². The molecule has 1 aliphatic carbocycles. The Balaban J connectivity index is 2.21. The number of allylic oxidation sites excluding steroid dienone is 1. The van der Waals surface area contributed by atoms with Crippen molar-refractivity contribution in [1.82, 2.24) is 0 Å². The summed E-state index contributed by atoms with van der Waals surface area (Å²) in [7, 11) is 0. The summed E-state index contributed by atoms with van der Waals surface area (Å²) in [6.07, 6.45) is 8.87. The maximum atomic E-state index is 2.52. The first-order valence-corrected chi connectivity index (χ1v) is 9.81. The van der Waals surface area contributed by atoms with E-state index in [0.717, 1.165) is 17.8 Å². The molecule has 0 aromatic heterocycles. The lowest BCUT2D eigenvalue weighted by Gasteiger charge is -2.22. The van der Waals surface area contributed by atoms with Gasteiger partial charge in [-0.05, 0) is 59.6 Å². The number of rotatable bonds is 8. The molecule has 1 aromatic carbocycles. The van der Waals surface area contributed by atoms with Gasteiger partial charge in [-0.2, -0.15) is 0 Å². The second kappa shape index (κ2) is 8.18. The minimum Gasteiger partial charge on any atom is -0.0654 e. The van der Waals surface area contributed by atoms with Crippen LogP contribution in [0.2, 0.25) is 0 Å². The second-order valence-electron chi connectivity index (χ2n) is 8.13. The van der Waals surface area contributed by atoms with Crippen LogP contribution in [-0.2, 0) is 6.42 Å². The maximum Gasteiger partial charge on any atom is -0.00548 e. The Morgan fingerprint density at radius 3 is 2.04 bits per heavy atom. The van der Waals surface area contributed by atoms with Crippen molar-refractivity contribution >= 4 is 6.08 Å². The molecule has 0 saturated carbocycles. The summed E-state index contributed by atoms with van der Waals surface area (Å²) in [5.41, 5.74) is 6.28. The molecule has 0 radical (unpaired) electrons. The van der Waals surface area contributed by atoms with Crippen molar-refractivity contribution in [2.45, 2.75) is 79.6 Å². The van der Waals surface area contributed by atoms with Crippen molar-refractivity contribution in [3.8, 4) is 0 Å². The largest absolute Gasteiger partial charge is 0.0654 e. The van der Waals surface area contributed by atoms with E-state index in [-0.39, 0.29) is 0 Å². The summed E-state index contributed by atoms with van der Waals surface area (Å²) in [5.74, 6) is 2.95. The predicted molar refractivity (Wildman–Crippen MR) is 104 cm³/mol. The van der Waals surface area contributed by atoms with Crippen molar-refractivity contribution in [1.29, 1.82) is 0 Å². The van der Waals surface area contributed by atoms with Crippen LogP contribution in [0.25, 0.3) is 6.08 Å². The van der Waals surface area contributed by atoms with Crippen molar-refractivity contribution in [3.05, 3.63) is 40.5 Å². The molecule has 2 atom stereocenters. The first-order valence-electron chi connectivity index (χ1n) is 9.81. The van der Waals surface area contributed by atoms with Crippen LogP contribution >= 0.6 is 0 Å². The summed E-state index contributed by atoms with van der Waals surface area (Å²) in [4.78, 5) is 0. The number of hydrogen-bond acceptors (Lipinski definition) is 0. The van der Waals surface area contributed by atoms with E-state index < -0.39 is 0 Å². The Bertz CT molecular complexity index is 533. The second-order valence-corrected chi connectivity index (χ2v) is 8.13. The van der Waals surface area contributed by atoms with Crippen molar-refractivity contribution < 1.29 is 0 Å². The molecule has 2 rings (SSSR count). The van der Waals surface area contributed by atoms with Gasteiger partial charge in [0.25, 0.3) is 0 Å². The van der Waals surface area contributed by atoms with Crippen molar-refractivity contribution in [2.24, 2.45) is 17.8 Å². The number of benzene rings is 1. The zero-order valence-electron chi connectivity index (χ0n) is 16.2. The van der Waals surface area contributed by atoms with E-state index in [0.29, 0.717) is 5.92 Å². The SMILES string of the molecule is CCCC(C1=Cc2ccc(C(CCC)C(C)C)cc2C1)C(C)C. The third kappa shape index (κ3) is 4.28. The summed E-state index contributed by atoms with van der Waals surface area (Å²) in [6.45, 7) is 14.1. The zero-order chi connectivity index (χ0) is 17.0. The van der Waals surface area contributed by atoms with Gasteiger partial charge >= 0.3 is 0 Å². The van der Waals surface area contributed by atoms with Gasteiger partial charge in [-0.1, -0.05) is 84.2 Å². The average Bonchev–Trinajstić information content (AvgIpc) is 2.91. The van der Waals surface area contributed by atoms with Gasteiger partial charge < -0.3 is 0 Å². The molecule has 0 heteroatoms. The molecule has 0 spiro atoms. The maximum absolute atomic E-state index is 2.52. The Labute approximate surface area is 144 Å². The standard InChI is InChI=1S/C23H36/c1-7-9-22(16(3)4)19-12-11-18-13-21(15-20(18)14-19)23(10-8-2)17(5)6/h11-14,16-17,22-23H,7-10,15H2,1-6H3. The molecule has 0 nitrogen and oxygen atoms in total. The fraction of sp³-hybridized carbons (Fsp3) is 0.652. The average molecular weight is 313 g/mol. The molecule has 0 amide bonds. The predicted octanol–water partition coefficient (Wildman–Crippen LogP) is 7.24. The summed E-state index contributed by atoms with van der Waals surface area (Å²) >= 11 is 0. The van der Waals surface area contributed by atoms with E-state index in [1.807, 2.05) is 0 Å². The lowest BCUT2D eigenvalue weighted by Crippen LogP contribution is -2.11. The van der Waals surface area contributed by atoms with Crippen LogP contribution in [0.5, 0.6) is 0 Å².